The number of fused-ring (bicyclic) bond motifs is 1. The Bertz CT molecular complexity index is 1480. The van der Waals surface area contributed by atoms with E-state index in [4.69, 9.17) is 9.15 Å². The zero-order valence-electron chi connectivity index (χ0n) is 19.6. The van der Waals surface area contributed by atoms with Crippen molar-refractivity contribution in [3.63, 3.8) is 0 Å². The first-order valence-electron chi connectivity index (χ1n) is 10.7. The number of rotatable bonds is 5. The number of aromatic amines is 1. The molecule has 0 bridgehead atoms. The van der Waals surface area contributed by atoms with Gasteiger partial charge in [0.05, 0.1) is 22.7 Å². The van der Waals surface area contributed by atoms with Gasteiger partial charge in [-0.25, -0.2) is 4.98 Å². The van der Waals surface area contributed by atoms with Gasteiger partial charge in [-0.05, 0) is 71.4 Å². The molecule has 0 fully saturated rings. The highest BCUT2D eigenvalue weighted by molar-refractivity contribution is 5.91. The SMILES string of the molecule is Cc1oc(-n2c(C)cc(C=C(C#N)c3nc4ccc(OC(C)C)cc4[nH]3)c2C)c(C#N)c1C. The zero-order valence-corrected chi connectivity index (χ0v) is 19.6. The Morgan fingerprint density at radius 3 is 2.61 bits per heavy atom. The lowest BCUT2D eigenvalue weighted by atomic mass is 10.1. The monoisotopic (exact) mass is 439 g/mol. The minimum atomic E-state index is 0.0675. The van der Waals surface area contributed by atoms with Crippen molar-refractivity contribution < 1.29 is 9.15 Å². The molecule has 0 atom stereocenters. The van der Waals surface area contributed by atoms with Crippen molar-refractivity contribution in [3.8, 4) is 23.8 Å². The van der Waals surface area contributed by atoms with Gasteiger partial charge >= 0.3 is 0 Å². The summed E-state index contributed by atoms with van der Waals surface area (Å²) in [7, 11) is 0. The summed E-state index contributed by atoms with van der Waals surface area (Å²) >= 11 is 0. The largest absolute Gasteiger partial charge is 0.491 e. The number of aromatic nitrogens is 3. The van der Waals surface area contributed by atoms with Crippen molar-refractivity contribution in [1.82, 2.24) is 14.5 Å². The van der Waals surface area contributed by atoms with Gasteiger partial charge in [0.1, 0.15) is 35.0 Å². The van der Waals surface area contributed by atoms with Gasteiger partial charge in [0, 0.05) is 23.0 Å². The van der Waals surface area contributed by atoms with Crippen LogP contribution in [-0.2, 0) is 0 Å². The van der Waals surface area contributed by atoms with Crippen molar-refractivity contribution in [3.05, 3.63) is 63.9 Å². The average molecular weight is 440 g/mol. The molecule has 0 aliphatic carbocycles. The second kappa shape index (κ2) is 8.37. The molecule has 33 heavy (non-hydrogen) atoms. The van der Waals surface area contributed by atoms with Crippen LogP contribution in [0.1, 0.15) is 53.5 Å². The first-order chi connectivity index (χ1) is 15.7. The van der Waals surface area contributed by atoms with E-state index in [-0.39, 0.29) is 6.10 Å². The van der Waals surface area contributed by atoms with E-state index >= 15 is 0 Å². The molecule has 4 aromatic rings. The Hall–Kier alpha value is -4.23. The molecule has 7 heteroatoms. The fourth-order valence-electron chi connectivity index (χ4n) is 3.92. The van der Waals surface area contributed by atoms with Crippen LogP contribution in [0.4, 0.5) is 0 Å². The Balaban J connectivity index is 1.77. The molecule has 1 N–H and O–H groups in total. The molecule has 166 valence electrons. The molecular weight excluding hydrogens is 414 g/mol. The molecule has 0 amide bonds. The maximum absolute atomic E-state index is 9.87. The smallest absolute Gasteiger partial charge is 0.222 e. The second-order valence-corrected chi connectivity index (χ2v) is 8.34. The summed E-state index contributed by atoms with van der Waals surface area (Å²) in [5, 5.41) is 19.5. The van der Waals surface area contributed by atoms with Gasteiger partial charge in [-0.15, -0.1) is 0 Å². The number of hydrogen-bond donors (Lipinski definition) is 1. The highest BCUT2D eigenvalue weighted by Crippen LogP contribution is 2.30. The molecule has 0 radical (unpaired) electrons. The molecule has 7 nitrogen and oxygen atoms in total. The maximum atomic E-state index is 9.87. The summed E-state index contributed by atoms with van der Waals surface area (Å²) in [5.74, 6) is 2.45. The van der Waals surface area contributed by atoms with Gasteiger partial charge < -0.3 is 14.1 Å². The predicted octanol–water partition coefficient (Wildman–Crippen LogP) is 5.90. The summed E-state index contributed by atoms with van der Waals surface area (Å²) in [5.41, 5.74) is 5.94. The number of benzene rings is 1. The molecule has 4 rings (SSSR count). The van der Waals surface area contributed by atoms with Crippen LogP contribution in [0.5, 0.6) is 5.75 Å². The van der Waals surface area contributed by atoms with Gasteiger partial charge in [-0.3, -0.25) is 4.57 Å². The molecule has 1 aromatic carbocycles. The number of nitrogens with zero attached hydrogens (tertiary/aromatic N) is 4. The van der Waals surface area contributed by atoms with E-state index in [1.165, 1.54) is 0 Å². The zero-order chi connectivity index (χ0) is 23.9. The third-order valence-corrected chi connectivity index (χ3v) is 5.65. The number of hydrogen-bond acceptors (Lipinski definition) is 5. The van der Waals surface area contributed by atoms with Crippen LogP contribution in [-0.4, -0.2) is 20.6 Å². The number of nitriles is 2. The number of allylic oxidation sites excluding steroid dienone is 1. The van der Waals surface area contributed by atoms with Crippen molar-refractivity contribution in [2.45, 2.75) is 47.6 Å². The topological polar surface area (TPSA) is 104 Å². The van der Waals surface area contributed by atoms with Crippen LogP contribution in [0.25, 0.3) is 28.6 Å². The van der Waals surface area contributed by atoms with E-state index in [1.807, 2.05) is 70.4 Å². The molecule has 3 aromatic heterocycles. The highest BCUT2D eigenvalue weighted by Gasteiger charge is 2.20. The summed E-state index contributed by atoms with van der Waals surface area (Å²) in [6.45, 7) is 11.6. The molecule has 0 saturated heterocycles. The minimum absolute atomic E-state index is 0.0675. The van der Waals surface area contributed by atoms with Crippen LogP contribution in [0, 0.1) is 50.4 Å². The molecule has 0 spiro atoms. The lowest BCUT2D eigenvalue weighted by Gasteiger charge is -2.08. The maximum Gasteiger partial charge on any atom is 0.222 e. The van der Waals surface area contributed by atoms with Crippen molar-refractivity contribution >= 4 is 22.7 Å². The Labute approximate surface area is 192 Å². The van der Waals surface area contributed by atoms with Gasteiger partial charge in [-0.1, -0.05) is 0 Å². The Morgan fingerprint density at radius 1 is 1.18 bits per heavy atom. The fourth-order valence-corrected chi connectivity index (χ4v) is 3.92. The number of furan rings is 1. The number of H-pyrrole nitrogens is 1. The van der Waals surface area contributed by atoms with E-state index < -0.39 is 0 Å². The van der Waals surface area contributed by atoms with Crippen molar-refractivity contribution in [1.29, 1.82) is 10.5 Å². The molecule has 3 heterocycles. The molecule has 0 unspecified atom stereocenters. The van der Waals surface area contributed by atoms with E-state index in [9.17, 15) is 10.5 Å². The Kier molecular flexibility index (Phi) is 5.57. The molecule has 0 aliphatic heterocycles. The minimum Gasteiger partial charge on any atom is -0.491 e. The number of nitrogens with one attached hydrogen (secondary N) is 1. The second-order valence-electron chi connectivity index (χ2n) is 8.34. The van der Waals surface area contributed by atoms with Gasteiger partial charge in [0.25, 0.3) is 0 Å². The average Bonchev–Trinajstić information content (AvgIpc) is 3.39. The van der Waals surface area contributed by atoms with Gasteiger partial charge in [0.2, 0.25) is 5.88 Å². The van der Waals surface area contributed by atoms with Crippen LogP contribution < -0.4 is 4.74 Å². The summed E-state index contributed by atoms with van der Waals surface area (Å²) in [4.78, 5) is 7.82. The van der Waals surface area contributed by atoms with E-state index in [0.717, 1.165) is 39.3 Å². The number of ether oxygens (including phenoxy) is 1. The van der Waals surface area contributed by atoms with Gasteiger partial charge in [-0.2, -0.15) is 10.5 Å². The van der Waals surface area contributed by atoms with Crippen LogP contribution in [0.15, 0.2) is 28.7 Å². The van der Waals surface area contributed by atoms with E-state index in [2.05, 4.69) is 22.1 Å². The quantitative estimate of drug-likeness (QED) is 0.390. The normalized spacial score (nSPS) is 11.7. The van der Waals surface area contributed by atoms with E-state index in [1.54, 1.807) is 6.08 Å². The predicted molar refractivity (Wildman–Crippen MR) is 127 cm³/mol. The van der Waals surface area contributed by atoms with Crippen molar-refractivity contribution in [2.75, 3.05) is 0 Å². The first kappa shape index (κ1) is 22.0. The highest BCUT2D eigenvalue weighted by atomic mass is 16.5. The van der Waals surface area contributed by atoms with Crippen molar-refractivity contribution in [2.24, 2.45) is 0 Å². The summed E-state index contributed by atoms with van der Waals surface area (Å²) in [6.07, 6.45) is 1.87. The molecular formula is C26H25N5O2. The standard InChI is InChI=1S/C26H25N5O2/c1-14(2)32-21-7-8-23-24(11-21)30-25(29-23)20(12-27)10-19-9-15(3)31(17(19)5)26-22(13-28)16(4)18(6)33-26/h7-11,14H,1-6H3,(H,29,30). The molecule has 0 aliphatic rings. The van der Waals surface area contributed by atoms with Crippen LogP contribution in [0.2, 0.25) is 0 Å². The summed E-state index contributed by atoms with van der Waals surface area (Å²) in [6, 6.07) is 12.1. The van der Waals surface area contributed by atoms with Crippen LogP contribution >= 0.6 is 0 Å². The lowest BCUT2D eigenvalue weighted by Crippen LogP contribution is -2.05. The third kappa shape index (κ3) is 3.90. The molecule has 0 saturated carbocycles. The Morgan fingerprint density at radius 2 is 1.94 bits per heavy atom. The van der Waals surface area contributed by atoms with E-state index in [0.29, 0.717) is 28.6 Å². The summed E-state index contributed by atoms with van der Waals surface area (Å²) < 4.78 is 13.6. The number of imidazole rings is 1. The number of aryl methyl sites for hydroxylation is 2. The fraction of sp³-hybridized carbons (Fsp3) is 0.269. The van der Waals surface area contributed by atoms with Crippen LogP contribution in [0.3, 0.4) is 0 Å². The third-order valence-electron chi connectivity index (χ3n) is 5.65. The first-order valence-corrected chi connectivity index (χ1v) is 10.7. The lowest BCUT2D eigenvalue weighted by molar-refractivity contribution is 0.242. The van der Waals surface area contributed by atoms with Gasteiger partial charge in [0.15, 0.2) is 0 Å².